The minimum Gasteiger partial charge on any atom is -0.493 e. The van der Waals surface area contributed by atoms with E-state index in [0.29, 0.717) is 27.3 Å². The molecule has 2 aromatic carbocycles. The van der Waals surface area contributed by atoms with Crippen molar-refractivity contribution in [1.29, 1.82) is 0 Å². The first kappa shape index (κ1) is 23.3. The summed E-state index contributed by atoms with van der Waals surface area (Å²) >= 11 is 1.20. The Bertz CT molecular complexity index is 1470. The van der Waals surface area contributed by atoms with E-state index in [1.54, 1.807) is 30.3 Å². The molecule has 4 rings (SSSR count). The van der Waals surface area contributed by atoms with Crippen molar-refractivity contribution in [2.45, 2.75) is 0 Å². The second-order valence-electron chi connectivity index (χ2n) is 6.91. The van der Waals surface area contributed by atoms with Crippen molar-refractivity contribution in [3.8, 4) is 17.4 Å². The predicted molar refractivity (Wildman–Crippen MR) is 127 cm³/mol. The molecule has 0 spiro atoms. The summed E-state index contributed by atoms with van der Waals surface area (Å²) in [7, 11) is 1.44. The highest BCUT2D eigenvalue weighted by molar-refractivity contribution is 7.20. The molecule has 2 heterocycles. The second kappa shape index (κ2) is 9.93. The van der Waals surface area contributed by atoms with Gasteiger partial charge in [-0.25, -0.2) is 10.4 Å². The number of hydrogen-bond acceptors (Lipinski definition) is 10. The number of thiophene rings is 1. The molecule has 12 nitrogen and oxygen atoms in total. The van der Waals surface area contributed by atoms with Crippen LogP contribution in [0.15, 0.2) is 65.9 Å². The Morgan fingerprint density at radius 2 is 1.80 bits per heavy atom. The smallest absolute Gasteiger partial charge is 0.287 e. The summed E-state index contributed by atoms with van der Waals surface area (Å²) in [4.78, 5) is 37.3. The lowest BCUT2D eigenvalue weighted by Crippen LogP contribution is -2.16. The van der Waals surface area contributed by atoms with Crippen LogP contribution in [-0.2, 0) is 0 Å². The van der Waals surface area contributed by atoms with Crippen molar-refractivity contribution in [2.75, 3.05) is 7.11 Å². The van der Waals surface area contributed by atoms with Gasteiger partial charge in [0.1, 0.15) is 6.20 Å². The third-order valence-corrected chi connectivity index (χ3v) is 5.76. The number of methoxy groups -OCH3 is 1. The highest BCUT2D eigenvalue weighted by Gasteiger charge is 2.13. The van der Waals surface area contributed by atoms with Crippen LogP contribution in [0.1, 0.15) is 15.2 Å². The molecule has 0 fully saturated rings. The predicted octanol–water partition coefficient (Wildman–Crippen LogP) is 4.68. The molecule has 1 amide bonds. The minimum absolute atomic E-state index is 0.0500. The molecule has 2 aromatic heterocycles. The lowest BCUT2D eigenvalue weighted by atomic mass is 10.2. The average molecular weight is 493 g/mol. The molecular weight excluding hydrogens is 478 g/mol. The number of fused-ring (bicyclic) bond motifs is 1. The van der Waals surface area contributed by atoms with E-state index in [9.17, 15) is 25.0 Å². The molecule has 0 saturated carbocycles. The number of nitro benzene ring substituents is 1. The summed E-state index contributed by atoms with van der Waals surface area (Å²) < 4.78 is 11.7. The molecule has 35 heavy (non-hydrogen) atoms. The van der Waals surface area contributed by atoms with E-state index in [4.69, 9.17) is 9.47 Å². The Hall–Kier alpha value is -4.91. The Labute approximate surface area is 200 Å². The van der Waals surface area contributed by atoms with Crippen LogP contribution in [0.4, 0.5) is 11.4 Å². The number of carbonyl (C=O) groups excluding carboxylic acids is 1. The maximum absolute atomic E-state index is 12.4. The molecule has 0 unspecified atom stereocenters. The van der Waals surface area contributed by atoms with Gasteiger partial charge in [0.15, 0.2) is 11.5 Å². The van der Waals surface area contributed by atoms with Crippen LogP contribution < -0.4 is 14.9 Å². The average Bonchev–Trinajstić information content (AvgIpc) is 3.28. The molecular formula is C22H15N5O7S. The first-order chi connectivity index (χ1) is 16.8. The SMILES string of the molecule is COc1cc(C=NNC(=O)c2cc3cc([N+](=O)[O-])ccc3s2)ccc1Oc1ccc([N+](=O)[O-])cn1. The van der Waals surface area contributed by atoms with E-state index in [-0.39, 0.29) is 17.3 Å². The summed E-state index contributed by atoms with van der Waals surface area (Å²) in [5, 5.41) is 26.2. The lowest BCUT2D eigenvalue weighted by Gasteiger charge is -2.10. The van der Waals surface area contributed by atoms with Crippen LogP contribution in [0.25, 0.3) is 10.1 Å². The number of nitrogens with zero attached hydrogens (tertiary/aromatic N) is 4. The van der Waals surface area contributed by atoms with E-state index in [2.05, 4.69) is 15.5 Å². The van der Waals surface area contributed by atoms with Crippen LogP contribution in [0.3, 0.4) is 0 Å². The molecule has 0 aliphatic rings. The fourth-order valence-electron chi connectivity index (χ4n) is 2.98. The van der Waals surface area contributed by atoms with Crippen molar-refractivity contribution in [3.05, 3.63) is 91.5 Å². The molecule has 0 radical (unpaired) electrons. The van der Waals surface area contributed by atoms with Crippen molar-refractivity contribution in [1.82, 2.24) is 10.4 Å². The number of nitro groups is 2. The maximum atomic E-state index is 12.4. The second-order valence-corrected chi connectivity index (χ2v) is 8.00. The van der Waals surface area contributed by atoms with Crippen LogP contribution in [0.2, 0.25) is 0 Å². The number of amides is 1. The fourth-order valence-corrected chi connectivity index (χ4v) is 3.91. The van der Waals surface area contributed by atoms with E-state index >= 15 is 0 Å². The van der Waals surface area contributed by atoms with Gasteiger partial charge in [0, 0.05) is 34.4 Å². The Balaban J connectivity index is 1.43. The number of hydrazone groups is 1. The number of rotatable bonds is 8. The van der Waals surface area contributed by atoms with Gasteiger partial charge in [-0.15, -0.1) is 11.3 Å². The number of nitrogens with one attached hydrogen (secondary N) is 1. The Morgan fingerprint density at radius 1 is 1.03 bits per heavy atom. The first-order valence-electron chi connectivity index (χ1n) is 9.82. The highest BCUT2D eigenvalue weighted by Crippen LogP contribution is 2.32. The van der Waals surface area contributed by atoms with Crippen LogP contribution >= 0.6 is 11.3 Å². The number of ether oxygens (including phenoxy) is 2. The summed E-state index contributed by atoms with van der Waals surface area (Å²) in [5.74, 6) is 0.374. The molecule has 13 heteroatoms. The first-order valence-corrected chi connectivity index (χ1v) is 10.6. The van der Waals surface area contributed by atoms with Gasteiger partial charge in [0.25, 0.3) is 17.3 Å². The molecule has 4 aromatic rings. The number of benzene rings is 2. The van der Waals surface area contributed by atoms with E-state index in [1.807, 2.05) is 0 Å². The molecule has 0 bridgehead atoms. The van der Waals surface area contributed by atoms with E-state index < -0.39 is 15.8 Å². The normalized spacial score (nSPS) is 10.9. The van der Waals surface area contributed by atoms with E-state index in [1.165, 1.54) is 48.9 Å². The third-order valence-electron chi connectivity index (χ3n) is 4.65. The summed E-state index contributed by atoms with van der Waals surface area (Å²) in [6.07, 6.45) is 2.50. The van der Waals surface area contributed by atoms with Gasteiger partial charge >= 0.3 is 0 Å². The number of aromatic nitrogens is 1. The van der Waals surface area contributed by atoms with Crippen molar-refractivity contribution >= 4 is 44.9 Å². The van der Waals surface area contributed by atoms with Gasteiger partial charge < -0.3 is 9.47 Å². The maximum Gasteiger partial charge on any atom is 0.287 e. The van der Waals surface area contributed by atoms with E-state index in [0.717, 1.165) is 10.9 Å². The zero-order valence-corrected chi connectivity index (χ0v) is 18.7. The van der Waals surface area contributed by atoms with Crippen molar-refractivity contribution < 1.29 is 24.1 Å². The molecule has 1 N–H and O–H groups in total. The molecule has 176 valence electrons. The monoisotopic (exact) mass is 493 g/mol. The quantitative estimate of drug-likeness (QED) is 0.210. The van der Waals surface area contributed by atoms with Crippen LogP contribution in [0, 0.1) is 20.2 Å². The molecule has 0 atom stereocenters. The number of non-ortho nitro benzene ring substituents is 1. The number of carbonyl (C=O) groups is 1. The summed E-state index contributed by atoms with van der Waals surface area (Å²) in [6, 6.07) is 13.5. The van der Waals surface area contributed by atoms with Gasteiger partial charge in [0.05, 0.1) is 28.0 Å². The zero-order valence-electron chi connectivity index (χ0n) is 17.9. The van der Waals surface area contributed by atoms with Gasteiger partial charge in [-0.1, -0.05) is 0 Å². The van der Waals surface area contributed by atoms with Gasteiger partial charge in [0.2, 0.25) is 5.88 Å². The van der Waals surface area contributed by atoms with Crippen molar-refractivity contribution in [3.63, 3.8) is 0 Å². The van der Waals surface area contributed by atoms with Crippen LogP contribution in [-0.4, -0.2) is 34.1 Å². The summed E-state index contributed by atoms with van der Waals surface area (Å²) in [5.41, 5.74) is 2.81. The largest absolute Gasteiger partial charge is 0.493 e. The molecule has 0 aliphatic heterocycles. The fraction of sp³-hybridized carbons (Fsp3) is 0.0455. The number of pyridine rings is 1. The molecule has 0 saturated heterocycles. The van der Waals surface area contributed by atoms with Crippen molar-refractivity contribution in [2.24, 2.45) is 5.10 Å². The summed E-state index contributed by atoms with van der Waals surface area (Å²) in [6.45, 7) is 0. The topological polar surface area (TPSA) is 159 Å². The van der Waals surface area contributed by atoms with Gasteiger partial charge in [-0.2, -0.15) is 5.10 Å². The third kappa shape index (κ3) is 5.36. The Kier molecular flexibility index (Phi) is 6.59. The van der Waals surface area contributed by atoms with Gasteiger partial charge in [-0.05, 0) is 35.9 Å². The highest BCUT2D eigenvalue weighted by atomic mass is 32.1. The number of hydrogen-bond donors (Lipinski definition) is 1. The molecule has 0 aliphatic carbocycles. The lowest BCUT2D eigenvalue weighted by molar-refractivity contribution is -0.385. The Morgan fingerprint density at radius 3 is 2.49 bits per heavy atom. The minimum atomic E-state index is -0.558. The zero-order chi connectivity index (χ0) is 24.9. The van der Waals surface area contributed by atoms with Gasteiger partial charge in [-0.3, -0.25) is 25.0 Å². The van der Waals surface area contributed by atoms with Crippen LogP contribution in [0.5, 0.6) is 17.4 Å². The standard InChI is InChI=1S/C22H15N5O7S/c1-33-18-8-13(2-5-17(18)34-21-7-4-16(12-23-21)27(31)32)11-24-25-22(28)20-10-14-9-15(26(29)30)3-6-19(14)35-20/h2-12H,1H3,(H,25,28).